The van der Waals surface area contributed by atoms with E-state index in [4.69, 9.17) is 0 Å². The van der Waals surface area contributed by atoms with Gasteiger partial charge in [-0.3, -0.25) is 9.78 Å². The zero-order valence-corrected chi connectivity index (χ0v) is 12.7. The highest BCUT2D eigenvalue weighted by Crippen LogP contribution is 2.22. The Morgan fingerprint density at radius 2 is 2.05 bits per heavy atom. The molecule has 1 N–H and O–H groups in total. The SMILES string of the molecule is CCCNC(=O)c1cn2ccnc(-c3ccc(C)cc3)c2n1. The summed E-state index contributed by atoms with van der Waals surface area (Å²) in [5.74, 6) is -0.152. The van der Waals surface area contributed by atoms with Crippen molar-refractivity contribution < 1.29 is 4.79 Å². The molecule has 0 saturated heterocycles. The first kappa shape index (κ1) is 14.3. The molecule has 0 fully saturated rings. The molecule has 3 rings (SSSR count). The van der Waals surface area contributed by atoms with Gasteiger partial charge in [0.15, 0.2) is 5.65 Å². The highest BCUT2D eigenvalue weighted by atomic mass is 16.1. The van der Waals surface area contributed by atoms with Crippen LogP contribution in [0.3, 0.4) is 0 Å². The van der Waals surface area contributed by atoms with Gasteiger partial charge in [-0.25, -0.2) is 4.98 Å². The Hall–Kier alpha value is -2.69. The Balaban J connectivity index is 2.03. The van der Waals surface area contributed by atoms with E-state index in [-0.39, 0.29) is 5.91 Å². The summed E-state index contributed by atoms with van der Waals surface area (Å²) in [4.78, 5) is 20.9. The molecule has 2 heterocycles. The lowest BCUT2D eigenvalue weighted by atomic mass is 10.1. The van der Waals surface area contributed by atoms with Crippen molar-refractivity contribution in [2.75, 3.05) is 6.54 Å². The molecule has 0 aliphatic carbocycles. The number of nitrogens with zero attached hydrogens (tertiary/aromatic N) is 3. The third-order valence-corrected chi connectivity index (χ3v) is 3.47. The van der Waals surface area contributed by atoms with Gasteiger partial charge in [-0.15, -0.1) is 0 Å². The van der Waals surface area contributed by atoms with Crippen LogP contribution in [0.5, 0.6) is 0 Å². The van der Waals surface area contributed by atoms with Gasteiger partial charge in [-0.2, -0.15) is 0 Å². The number of benzene rings is 1. The number of fused-ring (bicyclic) bond motifs is 1. The number of aromatic nitrogens is 3. The number of hydrogen-bond donors (Lipinski definition) is 1. The average Bonchev–Trinajstić information content (AvgIpc) is 2.97. The summed E-state index contributed by atoms with van der Waals surface area (Å²) in [6.07, 6.45) is 6.16. The molecular weight excluding hydrogens is 276 g/mol. The molecule has 0 atom stereocenters. The van der Waals surface area contributed by atoms with E-state index in [1.807, 2.05) is 42.5 Å². The van der Waals surface area contributed by atoms with Crippen molar-refractivity contribution in [3.05, 3.63) is 54.1 Å². The molecule has 1 amide bonds. The first-order valence-electron chi connectivity index (χ1n) is 7.38. The molecule has 2 aromatic heterocycles. The highest BCUT2D eigenvalue weighted by molar-refractivity contribution is 5.93. The third-order valence-electron chi connectivity index (χ3n) is 3.47. The van der Waals surface area contributed by atoms with Crippen molar-refractivity contribution >= 4 is 11.6 Å². The van der Waals surface area contributed by atoms with E-state index in [1.54, 1.807) is 18.6 Å². The van der Waals surface area contributed by atoms with Gasteiger partial charge in [0.05, 0.1) is 0 Å². The predicted octanol–water partition coefficient (Wildman–Crippen LogP) is 2.84. The number of amides is 1. The minimum atomic E-state index is -0.152. The van der Waals surface area contributed by atoms with Crippen LogP contribution in [0, 0.1) is 6.92 Å². The Kier molecular flexibility index (Phi) is 3.87. The minimum absolute atomic E-state index is 0.152. The van der Waals surface area contributed by atoms with Crippen molar-refractivity contribution in [3.8, 4) is 11.3 Å². The summed E-state index contributed by atoms with van der Waals surface area (Å²) in [7, 11) is 0. The molecular formula is C17H18N4O. The van der Waals surface area contributed by atoms with Gasteiger partial charge in [0.2, 0.25) is 0 Å². The predicted molar refractivity (Wildman–Crippen MR) is 85.8 cm³/mol. The fourth-order valence-corrected chi connectivity index (χ4v) is 2.27. The molecule has 0 spiro atoms. The minimum Gasteiger partial charge on any atom is -0.351 e. The molecule has 5 heteroatoms. The van der Waals surface area contributed by atoms with Gasteiger partial charge < -0.3 is 9.72 Å². The molecule has 112 valence electrons. The van der Waals surface area contributed by atoms with E-state index >= 15 is 0 Å². The van der Waals surface area contributed by atoms with Crippen LogP contribution >= 0.6 is 0 Å². The van der Waals surface area contributed by atoms with E-state index in [0.717, 1.165) is 17.7 Å². The summed E-state index contributed by atoms with van der Waals surface area (Å²) < 4.78 is 1.84. The second-order valence-corrected chi connectivity index (χ2v) is 5.25. The second-order valence-electron chi connectivity index (χ2n) is 5.25. The van der Waals surface area contributed by atoms with Gasteiger partial charge >= 0.3 is 0 Å². The van der Waals surface area contributed by atoms with Gasteiger partial charge in [0.1, 0.15) is 11.4 Å². The fourth-order valence-electron chi connectivity index (χ4n) is 2.27. The van der Waals surface area contributed by atoms with Crippen molar-refractivity contribution in [2.24, 2.45) is 0 Å². The Labute approximate surface area is 129 Å². The van der Waals surface area contributed by atoms with Crippen LogP contribution in [0.25, 0.3) is 16.9 Å². The number of rotatable bonds is 4. The zero-order valence-electron chi connectivity index (χ0n) is 12.7. The maximum Gasteiger partial charge on any atom is 0.271 e. The molecule has 0 aliphatic heterocycles. The largest absolute Gasteiger partial charge is 0.351 e. The number of hydrogen-bond acceptors (Lipinski definition) is 3. The van der Waals surface area contributed by atoms with Crippen LogP contribution < -0.4 is 5.32 Å². The van der Waals surface area contributed by atoms with E-state index in [0.29, 0.717) is 17.9 Å². The first-order valence-corrected chi connectivity index (χ1v) is 7.38. The molecule has 0 radical (unpaired) electrons. The molecule has 1 aromatic carbocycles. The number of imidazole rings is 1. The van der Waals surface area contributed by atoms with E-state index in [1.165, 1.54) is 5.56 Å². The van der Waals surface area contributed by atoms with Crippen molar-refractivity contribution in [1.82, 2.24) is 19.7 Å². The van der Waals surface area contributed by atoms with Crippen LogP contribution in [0.1, 0.15) is 29.4 Å². The molecule has 22 heavy (non-hydrogen) atoms. The van der Waals surface area contributed by atoms with Crippen LogP contribution in [0.2, 0.25) is 0 Å². The van der Waals surface area contributed by atoms with Crippen LogP contribution in [0.15, 0.2) is 42.9 Å². The lowest BCUT2D eigenvalue weighted by molar-refractivity contribution is 0.0949. The van der Waals surface area contributed by atoms with E-state index in [2.05, 4.69) is 15.3 Å². The summed E-state index contributed by atoms with van der Waals surface area (Å²) >= 11 is 0. The fraction of sp³-hybridized carbons (Fsp3) is 0.235. The van der Waals surface area contributed by atoms with E-state index in [9.17, 15) is 4.79 Å². The normalized spacial score (nSPS) is 10.8. The highest BCUT2D eigenvalue weighted by Gasteiger charge is 2.13. The van der Waals surface area contributed by atoms with Gasteiger partial charge in [-0.05, 0) is 13.3 Å². The summed E-state index contributed by atoms with van der Waals surface area (Å²) in [5.41, 5.74) is 4.06. The van der Waals surface area contributed by atoms with Crippen molar-refractivity contribution in [2.45, 2.75) is 20.3 Å². The number of carbonyl (C=O) groups is 1. The van der Waals surface area contributed by atoms with Crippen LogP contribution in [0.4, 0.5) is 0 Å². The monoisotopic (exact) mass is 294 g/mol. The molecule has 0 saturated carbocycles. The van der Waals surface area contributed by atoms with Crippen LogP contribution in [-0.4, -0.2) is 26.8 Å². The van der Waals surface area contributed by atoms with Crippen molar-refractivity contribution in [1.29, 1.82) is 0 Å². The third kappa shape index (κ3) is 2.70. The molecule has 0 bridgehead atoms. The van der Waals surface area contributed by atoms with Crippen LogP contribution in [-0.2, 0) is 0 Å². The van der Waals surface area contributed by atoms with E-state index < -0.39 is 0 Å². The molecule has 0 unspecified atom stereocenters. The smallest absolute Gasteiger partial charge is 0.271 e. The Morgan fingerprint density at radius 1 is 1.27 bits per heavy atom. The zero-order chi connectivity index (χ0) is 15.5. The summed E-state index contributed by atoms with van der Waals surface area (Å²) in [5, 5.41) is 2.84. The Bertz CT molecular complexity index is 805. The lowest BCUT2D eigenvalue weighted by Crippen LogP contribution is -2.24. The van der Waals surface area contributed by atoms with Gasteiger partial charge in [0.25, 0.3) is 5.91 Å². The van der Waals surface area contributed by atoms with Gasteiger partial charge in [-0.1, -0.05) is 36.8 Å². The maximum atomic E-state index is 12.1. The average molecular weight is 294 g/mol. The molecule has 3 aromatic rings. The Morgan fingerprint density at radius 3 is 2.77 bits per heavy atom. The summed E-state index contributed by atoms with van der Waals surface area (Å²) in [6, 6.07) is 8.11. The standard InChI is InChI=1S/C17H18N4O/c1-3-8-19-17(22)14-11-21-10-9-18-15(16(21)20-14)13-6-4-12(2)5-7-13/h4-7,9-11H,3,8H2,1-2H3,(H,19,22). The second kappa shape index (κ2) is 5.97. The molecule has 0 aliphatic rings. The number of carbonyl (C=O) groups excluding carboxylic acids is 1. The summed E-state index contributed by atoms with van der Waals surface area (Å²) in [6.45, 7) is 4.71. The maximum absolute atomic E-state index is 12.1. The van der Waals surface area contributed by atoms with Crippen molar-refractivity contribution in [3.63, 3.8) is 0 Å². The first-order chi connectivity index (χ1) is 10.7. The quantitative estimate of drug-likeness (QED) is 0.805. The lowest BCUT2D eigenvalue weighted by Gasteiger charge is -2.03. The number of aryl methyl sites for hydroxylation is 1. The molecule has 5 nitrogen and oxygen atoms in total. The topological polar surface area (TPSA) is 59.3 Å². The van der Waals surface area contributed by atoms with Gasteiger partial charge in [0, 0.05) is 30.7 Å². The number of nitrogens with one attached hydrogen (secondary N) is 1.